The smallest absolute Gasteiger partial charge is 0.152 e. The first-order valence-electron chi connectivity index (χ1n) is 8.01. The maximum absolute atomic E-state index is 12.1. The zero-order chi connectivity index (χ0) is 16.3. The maximum Gasteiger partial charge on any atom is 0.152 e. The molecule has 2 atom stereocenters. The van der Waals surface area contributed by atoms with Crippen LogP contribution in [0.3, 0.4) is 0 Å². The molecule has 0 spiro atoms. The minimum atomic E-state index is -0.418. The SMILES string of the molecule is CCCOCC(O)CSCC[C@H](NC(C)C)C(=O)C(C)C. The minimum Gasteiger partial charge on any atom is -0.390 e. The largest absolute Gasteiger partial charge is 0.390 e. The van der Waals surface area contributed by atoms with Gasteiger partial charge in [0.25, 0.3) is 0 Å². The molecule has 0 fully saturated rings. The lowest BCUT2D eigenvalue weighted by Gasteiger charge is -2.22. The van der Waals surface area contributed by atoms with Crippen LogP contribution >= 0.6 is 11.8 Å². The van der Waals surface area contributed by atoms with Crippen molar-refractivity contribution in [2.24, 2.45) is 5.92 Å². The van der Waals surface area contributed by atoms with Crippen molar-refractivity contribution in [3.63, 3.8) is 0 Å². The van der Waals surface area contributed by atoms with Gasteiger partial charge in [-0.3, -0.25) is 4.79 Å². The number of hydrogen-bond acceptors (Lipinski definition) is 5. The molecule has 4 nitrogen and oxygen atoms in total. The van der Waals surface area contributed by atoms with Gasteiger partial charge in [-0.1, -0.05) is 34.6 Å². The summed E-state index contributed by atoms with van der Waals surface area (Å²) in [6, 6.07) is 0.224. The lowest BCUT2D eigenvalue weighted by atomic mass is 9.99. The van der Waals surface area contributed by atoms with Crippen LogP contribution in [-0.2, 0) is 9.53 Å². The van der Waals surface area contributed by atoms with Gasteiger partial charge in [0.05, 0.1) is 18.8 Å². The van der Waals surface area contributed by atoms with Gasteiger partial charge in [-0.05, 0) is 18.6 Å². The van der Waals surface area contributed by atoms with Gasteiger partial charge in [-0.15, -0.1) is 0 Å². The second-order valence-electron chi connectivity index (χ2n) is 6.02. The van der Waals surface area contributed by atoms with E-state index in [0.29, 0.717) is 25.0 Å². The fourth-order valence-electron chi connectivity index (χ4n) is 1.94. The molecule has 0 heterocycles. The normalized spacial score (nSPS) is 14.7. The molecule has 0 rings (SSSR count). The number of hydrogen-bond donors (Lipinski definition) is 2. The number of carbonyl (C=O) groups excluding carboxylic acids is 1. The van der Waals surface area contributed by atoms with E-state index in [2.05, 4.69) is 26.1 Å². The Bertz CT molecular complexity index is 272. The third-order valence-electron chi connectivity index (χ3n) is 2.97. The van der Waals surface area contributed by atoms with Crippen molar-refractivity contribution in [1.82, 2.24) is 5.32 Å². The molecule has 2 N–H and O–H groups in total. The van der Waals surface area contributed by atoms with E-state index in [1.54, 1.807) is 11.8 Å². The Hall–Kier alpha value is -0.100. The minimum absolute atomic E-state index is 0.0549. The van der Waals surface area contributed by atoms with Crippen molar-refractivity contribution in [2.45, 2.75) is 65.6 Å². The monoisotopic (exact) mass is 319 g/mol. The molecule has 0 saturated heterocycles. The lowest BCUT2D eigenvalue weighted by molar-refractivity contribution is -0.124. The number of ketones is 1. The van der Waals surface area contributed by atoms with Crippen LogP contribution in [0.5, 0.6) is 0 Å². The Morgan fingerprint density at radius 1 is 1.29 bits per heavy atom. The molecule has 1 unspecified atom stereocenters. The molecule has 0 radical (unpaired) electrons. The standard InChI is InChI=1S/C16H33NO3S/c1-6-8-20-10-14(18)11-21-9-7-15(17-13(4)5)16(19)12(2)3/h12-15,17-18H,6-11H2,1-5H3/t14?,15-/m0/s1. The number of carbonyl (C=O) groups is 1. The highest BCUT2D eigenvalue weighted by Crippen LogP contribution is 2.11. The molecule has 0 aliphatic carbocycles. The van der Waals surface area contributed by atoms with Crippen LogP contribution in [0.4, 0.5) is 0 Å². The fourth-order valence-corrected chi connectivity index (χ4v) is 2.88. The van der Waals surface area contributed by atoms with Crippen molar-refractivity contribution in [3.8, 4) is 0 Å². The van der Waals surface area contributed by atoms with Gasteiger partial charge in [0.2, 0.25) is 0 Å². The number of nitrogens with one attached hydrogen (secondary N) is 1. The number of ether oxygens (including phenoxy) is 1. The summed E-state index contributed by atoms with van der Waals surface area (Å²) in [5, 5.41) is 13.1. The fraction of sp³-hybridized carbons (Fsp3) is 0.938. The van der Waals surface area contributed by atoms with Crippen LogP contribution in [-0.4, -0.2) is 53.8 Å². The van der Waals surface area contributed by atoms with E-state index in [9.17, 15) is 9.90 Å². The summed E-state index contributed by atoms with van der Waals surface area (Å²) in [4.78, 5) is 12.1. The van der Waals surface area contributed by atoms with Crippen LogP contribution in [0.25, 0.3) is 0 Å². The summed E-state index contributed by atoms with van der Waals surface area (Å²) in [5.74, 6) is 1.86. The van der Waals surface area contributed by atoms with Crippen molar-refractivity contribution >= 4 is 17.5 Å². The number of aliphatic hydroxyl groups is 1. The first kappa shape index (κ1) is 20.9. The van der Waals surface area contributed by atoms with Gasteiger partial charge < -0.3 is 15.2 Å². The average Bonchev–Trinajstić information content (AvgIpc) is 2.41. The number of rotatable bonds is 13. The first-order valence-corrected chi connectivity index (χ1v) is 9.17. The molecule has 0 aliphatic rings. The molecule has 0 aromatic rings. The second kappa shape index (κ2) is 12.4. The van der Waals surface area contributed by atoms with E-state index >= 15 is 0 Å². The molecule has 0 aliphatic heterocycles. The van der Waals surface area contributed by atoms with Crippen molar-refractivity contribution in [3.05, 3.63) is 0 Å². The van der Waals surface area contributed by atoms with Crippen LogP contribution in [0, 0.1) is 5.92 Å². The molecule has 126 valence electrons. The van der Waals surface area contributed by atoms with Crippen molar-refractivity contribution < 1.29 is 14.6 Å². The number of thioether (sulfide) groups is 1. The van der Waals surface area contributed by atoms with Gasteiger partial charge in [0.1, 0.15) is 0 Å². The molecular formula is C16H33NO3S. The zero-order valence-corrected chi connectivity index (χ0v) is 15.0. The highest BCUT2D eigenvalue weighted by Gasteiger charge is 2.21. The quantitative estimate of drug-likeness (QED) is 0.511. The van der Waals surface area contributed by atoms with Crippen molar-refractivity contribution in [1.29, 1.82) is 0 Å². The Morgan fingerprint density at radius 3 is 2.48 bits per heavy atom. The Balaban J connectivity index is 3.94. The third-order valence-corrected chi connectivity index (χ3v) is 4.11. The molecule has 5 heteroatoms. The van der Waals surface area contributed by atoms with Crippen LogP contribution in [0.15, 0.2) is 0 Å². The molecule has 0 amide bonds. The van der Waals surface area contributed by atoms with Gasteiger partial charge in [0.15, 0.2) is 5.78 Å². The Labute approximate surface area is 134 Å². The van der Waals surface area contributed by atoms with Gasteiger partial charge in [-0.2, -0.15) is 11.8 Å². The molecule has 0 aromatic heterocycles. The van der Waals surface area contributed by atoms with Gasteiger partial charge in [-0.25, -0.2) is 0 Å². The topological polar surface area (TPSA) is 58.6 Å². The average molecular weight is 320 g/mol. The molecule has 0 aromatic carbocycles. The zero-order valence-electron chi connectivity index (χ0n) is 14.2. The highest BCUT2D eigenvalue weighted by atomic mass is 32.2. The van der Waals surface area contributed by atoms with E-state index in [1.165, 1.54) is 0 Å². The van der Waals surface area contributed by atoms with Gasteiger partial charge in [0, 0.05) is 24.3 Å². The van der Waals surface area contributed by atoms with Crippen molar-refractivity contribution in [2.75, 3.05) is 24.7 Å². The predicted molar refractivity (Wildman–Crippen MR) is 91.0 cm³/mol. The van der Waals surface area contributed by atoms with E-state index in [4.69, 9.17) is 4.74 Å². The summed E-state index contributed by atoms with van der Waals surface area (Å²) in [5.41, 5.74) is 0. The summed E-state index contributed by atoms with van der Waals surface area (Å²) in [6.45, 7) is 11.2. The predicted octanol–water partition coefficient (Wildman–Crippen LogP) is 2.49. The Morgan fingerprint density at radius 2 is 1.95 bits per heavy atom. The van der Waals surface area contributed by atoms with E-state index in [0.717, 1.165) is 18.6 Å². The Kier molecular flexibility index (Phi) is 12.4. The molecule has 21 heavy (non-hydrogen) atoms. The molecule has 0 saturated carbocycles. The lowest BCUT2D eigenvalue weighted by Crippen LogP contribution is -2.43. The molecular weight excluding hydrogens is 286 g/mol. The summed E-state index contributed by atoms with van der Waals surface area (Å²) >= 11 is 1.68. The summed E-state index contributed by atoms with van der Waals surface area (Å²) in [7, 11) is 0. The molecule has 0 bridgehead atoms. The number of Topliss-reactive ketones (excluding diaryl/α,β-unsaturated/α-hetero) is 1. The maximum atomic E-state index is 12.1. The van der Waals surface area contributed by atoms with E-state index in [-0.39, 0.29) is 17.7 Å². The van der Waals surface area contributed by atoms with E-state index < -0.39 is 6.10 Å². The van der Waals surface area contributed by atoms with E-state index in [1.807, 2.05) is 13.8 Å². The van der Waals surface area contributed by atoms with Crippen LogP contribution in [0.2, 0.25) is 0 Å². The van der Waals surface area contributed by atoms with Crippen LogP contribution in [0.1, 0.15) is 47.5 Å². The second-order valence-corrected chi connectivity index (χ2v) is 7.17. The van der Waals surface area contributed by atoms with Crippen LogP contribution < -0.4 is 5.32 Å². The third kappa shape index (κ3) is 11.2. The summed E-state index contributed by atoms with van der Waals surface area (Å²) < 4.78 is 5.32. The number of aliphatic hydroxyl groups excluding tert-OH is 1. The first-order chi connectivity index (χ1) is 9.88. The highest BCUT2D eigenvalue weighted by molar-refractivity contribution is 7.99. The summed E-state index contributed by atoms with van der Waals surface area (Å²) in [6.07, 6.45) is 1.36. The van der Waals surface area contributed by atoms with Gasteiger partial charge >= 0.3 is 0 Å².